The van der Waals surface area contributed by atoms with Gasteiger partial charge < -0.3 is 4.90 Å². The molecule has 1 saturated heterocycles. The molecule has 0 amide bonds. The van der Waals surface area contributed by atoms with Crippen molar-refractivity contribution in [3.8, 4) is 6.07 Å². The standard InChI is InChI=1S/C16H17N3/c1-19-8-6-12(7-9-19)16-14(11-17)10-13-4-2-3-5-15(13)18-16/h2-5,10,12H,6-9H2,1H3. The first-order valence-corrected chi connectivity index (χ1v) is 6.76. The van der Waals surface area contributed by atoms with E-state index in [2.05, 4.69) is 18.0 Å². The van der Waals surface area contributed by atoms with Crippen molar-refractivity contribution < 1.29 is 0 Å². The fourth-order valence-electron chi connectivity index (χ4n) is 2.81. The summed E-state index contributed by atoms with van der Waals surface area (Å²) in [6.07, 6.45) is 2.19. The third kappa shape index (κ3) is 2.32. The molecule has 1 aliphatic rings. The Labute approximate surface area is 113 Å². The van der Waals surface area contributed by atoms with Crippen LogP contribution in [0.2, 0.25) is 0 Å². The smallest absolute Gasteiger partial charge is 0.101 e. The van der Waals surface area contributed by atoms with Crippen molar-refractivity contribution in [2.75, 3.05) is 20.1 Å². The van der Waals surface area contributed by atoms with Gasteiger partial charge in [-0.3, -0.25) is 4.98 Å². The molecule has 3 nitrogen and oxygen atoms in total. The summed E-state index contributed by atoms with van der Waals surface area (Å²) in [6.45, 7) is 2.17. The lowest BCUT2D eigenvalue weighted by Gasteiger charge is -2.29. The van der Waals surface area contributed by atoms with E-state index in [0.29, 0.717) is 5.92 Å². The Morgan fingerprint density at radius 2 is 2.00 bits per heavy atom. The van der Waals surface area contributed by atoms with Gasteiger partial charge in [0.2, 0.25) is 0 Å². The third-order valence-electron chi connectivity index (χ3n) is 3.98. The average Bonchev–Trinajstić information content (AvgIpc) is 2.46. The predicted molar refractivity (Wildman–Crippen MR) is 75.9 cm³/mol. The lowest BCUT2D eigenvalue weighted by atomic mass is 9.90. The predicted octanol–water partition coefficient (Wildman–Crippen LogP) is 2.92. The number of benzene rings is 1. The molecule has 1 aliphatic heterocycles. The van der Waals surface area contributed by atoms with Gasteiger partial charge in [0.05, 0.1) is 16.8 Å². The maximum absolute atomic E-state index is 9.36. The molecule has 2 aromatic rings. The van der Waals surface area contributed by atoms with Crippen LogP contribution in [-0.2, 0) is 0 Å². The van der Waals surface area contributed by atoms with Crippen molar-refractivity contribution in [3.05, 3.63) is 41.6 Å². The zero-order valence-electron chi connectivity index (χ0n) is 11.1. The average molecular weight is 251 g/mol. The van der Waals surface area contributed by atoms with E-state index in [0.717, 1.165) is 48.1 Å². The maximum Gasteiger partial charge on any atom is 0.101 e. The summed E-state index contributed by atoms with van der Waals surface area (Å²) >= 11 is 0. The largest absolute Gasteiger partial charge is 0.306 e. The Hall–Kier alpha value is -1.92. The number of nitriles is 1. The minimum Gasteiger partial charge on any atom is -0.306 e. The van der Waals surface area contributed by atoms with E-state index in [1.807, 2.05) is 30.3 Å². The molecule has 0 unspecified atom stereocenters. The van der Waals surface area contributed by atoms with Crippen LogP contribution in [0.1, 0.15) is 30.0 Å². The van der Waals surface area contributed by atoms with E-state index >= 15 is 0 Å². The molecule has 0 atom stereocenters. The Bertz CT molecular complexity index is 634. The lowest BCUT2D eigenvalue weighted by Crippen LogP contribution is -2.29. The van der Waals surface area contributed by atoms with Gasteiger partial charge in [-0.2, -0.15) is 5.26 Å². The quantitative estimate of drug-likeness (QED) is 0.782. The molecule has 3 heteroatoms. The van der Waals surface area contributed by atoms with Gasteiger partial charge >= 0.3 is 0 Å². The molecule has 3 rings (SSSR count). The highest BCUT2D eigenvalue weighted by Crippen LogP contribution is 2.30. The summed E-state index contributed by atoms with van der Waals surface area (Å²) in [5.74, 6) is 0.426. The number of hydrogen-bond acceptors (Lipinski definition) is 3. The van der Waals surface area contributed by atoms with E-state index in [-0.39, 0.29) is 0 Å². The first-order valence-electron chi connectivity index (χ1n) is 6.76. The number of piperidine rings is 1. The summed E-state index contributed by atoms with van der Waals surface area (Å²) in [7, 11) is 2.15. The van der Waals surface area contributed by atoms with Gasteiger partial charge in [-0.1, -0.05) is 18.2 Å². The summed E-state index contributed by atoms with van der Waals surface area (Å²) in [4.78, 5) is 7.09. The molecule has 0 radical (unpaired) electrons. The number of hydrogen-bond donors (Lipinski definition) is 0. The van der Waals surface area contributed by atoms with Gasteiger partial charge in [0.1, 0.15) is 6.07 Å². The zero-order valence-corrected chi connectivity index (χ0v) is 11.1. The number of fused-ring (bicyclic) bond motifs is 1. The van der Waals surface area contributed by atoms with E-state index in [1.54, 1.807) is 0 Å². The normalized spacial score (nSPS) is 17.5. The van der Waals surface area contributed by atoms with Gasteiger partial charge in [0.25, 0.3) is 0 Å². The van der Waals surface area contributed by atoms with E-state index in [1.165, 1.54) is 0 Å². The van der Waals surface area contributed by atoms with E-state index in [9.17, 15) is 5.26 Å². The van der Waals surface area contributed by atoms with Gasteiger partial charge in [-0.15, -0.1) is 0 Å². The van der Waals surface area contributed by atoms with Crippen LogP contribution >= 0.6 is 0 Å². The highest BCUT2D eigenvalue weighted by molar-refractivity contribution is 5.80. The molecule has 0 N–H and O–H groups in total. The molecule has 0 bridgehead atoms. The number of para-hydroxylation sites is 1. The maximum atomic E-state index is 9.36. The second-order valence-electron chi connectivity index (χ2n) is 5.30. The second kappa shape index (κ2) is 4.99. The number of likely N-dealkylation sites (tertiary alicyclic amines) is 1. The number of pyridine rings is 1. The van der Waals surface area contributed by atoms with Crippen LogP contribution in [0, 0.1) is 11.3 Å². The van der Waals surface area contributed by atoms with Crippen molar-refractivity contribution >= 4 is 10.9 Å². The van der Waals surface area contributed by atoms with Gasteiger partial charge in [-0.05, 0) is 45.1 Å². The van der Waals surface area contributed by atoms with Crippen molar-refractivity contribution in [3.63, 3.8) is 0 Å². The molecule has 1 aromatic heterocycles. The van der Waals surface area contributed by atoms with Crippen molar-refractivity contribution in [1.82, 2.24) is 9.88 Å². The van der Waals surface area contributed by atoms with Crippen LogP contribution in [0.5, 0.6) is 0 Å². The van der Waals surface area contributed by atoms with Crippen molar-refractivity contribution in [2.24, 2.45) is 0 Å². The molecule has 1 aromatic carbocycles. The van der Waals surface area contributed by atoms with Gasteiger partial charge in [0.15, 0.2) is 0 Å². The lowest BCUT2D eigenvalue weighted by molar-refractivity contribution is 0.253. The highest BCUT2D eigenvalue weighted by atomic mass is 15.1. The number of aromatic nitrogens is 1. The Balaban J connectivity index is 2.04. The van der Waals surface area contributed by atoms with Crippen LogP contribution in [-0.4, -0.2) is 30.0 Å². The Morgan fingerprint density at radius 3 is 2.74 bits per heavy atom. The third-order valence-corrected chi connectivity index (χ3v) is 3.98. The summed E-state index contributed by atoms with van der Waals surface area (Å²) in [5.41, 5.74) is 2.73. The SMILES string of the molecule is CN1CCC(c2nc3ccccc3cc2C#N)CC1. The molecule has 0 aliphatic carbocycles. The fraction of sp³-hybridized carbons (Fsp3) is 0.375. The van der Waals surface area contributed by atoms with Crippen molar-refractivity contribution in [2.45, 2.75) is 18.8 Å². The van der Waals surface area contributed by atoms with Crippen LogP contribution < -0.4 is 0 Å². The number of nitrogens with zero attached hydrogens (tertiary/aromatic N) is 3. The topological polar surface area (TPSA) is 39.9 Å². The van der Waals surface area contributed by atoms with E-state index in [4.69, 9.17) is 4.98 Å². The van der Waals surface area contributed by atoms with Crippen LogP contribution in [0.4, 0.5) is 0 Å². The monoisotopic (exact) mass is 251 g/mol. The summed E-state index contributed by atoms with van der Waals surface area (Å²) in [6, 6.07) is 12.3. The minimum atomic E-state index is 0.426. The molecule has 0 spiro atoms. The first-order chi connectivity index (χ1) is 9.28. The van der Waals surface area contributed by atoms with Gasteiger partial charge in [-0.25, -0.2) is 0 Å². The zero-order chi connectivity index (χ0) is 13.2. The van der Waals surface area contributed by atoms with Crippen molar-refractivity contribution in [1.29, 1.82) is 5.26 Å². The highest BCUT2D eigenvalue weighted by Gasteiger charge is 2.22. The summed E-state index contributed by atoms with van der Waals surface area (Å²) in [5, 5.41) is 10.4. The molecular formula is C16H17N3. The molecule has 0 saturated carbocycles. The first kappa shape index (κ1) is 12.1. The fourth-order valence-corrected chi connectivity index (χ4v) is 2.81. The summed E-state index contributed by atoms with van der Waals surface area (Å²) < 4.78 is 0. The molecule has 2 heterocycles. The second-order valence-corrected chi connectivity index (χ2v) is 5.30. The Kier molecular flexibility index (Phi) is 3.18. The molecular weight excluding hydrogens is 234 g/mol. The Morgan fingerprint density at radius 1 is 1.26 bits per heavy atom. The van der Waals surface area contributed by atoms with Crippen LogP contribution in [0.3, 0.4) is 0 Å². The number of rotatable bonds is 1. The van der Waals surface area contributed by atoms with E-state index < -0.39 is 0 Å². The molecule has 19 heavy (non-hydrogen) atoms. The molecule has 96 valence electrons. The minimum absolute atomic E-state index is 0.426. The van der Waals surface area contributed by atoms with Crippen LogP contribution in [0.25, 0.3) is 10.9 Å². The molecule has 1 fully saturated rings. The van der Waals surface area contributed by atoms with Crippen LogP contribution in [0.15, 0.2) is 30.3 Å². The van der Waals surface area contributed by atoms with Gasteiger partial charge in [0, 0.05) is 11.3 Å².